The first kappa shape index (κ1) is 17.0. The fourth-order valence-electron chi connectivity index (χ4n) is 3.32. The molecule has 0 saturated heterocycles. The summed E-state index contributed by atoms with van der Waals surface area (Å²) in [6, 6.07) is 1.50. The van der Waals surface area contributed by atoms with Crippen LogP contribution in [0.4, 0.5) is 0 Å². The van der Waals surface area contributed by atoms with E-state index in [1.807, 2.05) is 0 Å². The molecule has 1 aliphatic carbocycles. The molecule has 2 heteroatoms. The maximum absolute atomic E-state index is 3.83. The van der Waals surface area contributed by atoms with Crippen molar-refractivity contribution < 1.29 is 0 Å². The first-order valence-corrected chi connectivity index (χ1v) is 8.70. The molecule has 2 nitrogen and oxygen atoms in total. The summed E-state index contributed by atoms with van der Waals surface area (Å²) in [7, 11) is 0. The van der Waals surface area contributed by atoms with Crippen LogP contribution in [0.15, 0.2) is 0 Å². The van der Waals surface area contributed by atoms with Gasteiger partial charge in [0.15, 0.2) is 0 Å². The summed E-state index contributed by atoms with van der Waals surface area (Å²) in [5.74, 6) is 0.829. The van der Waals surface area contributed by atoms with Gasteiger partial charge in [0, 0.05) is 18.6 Å². The van der Waals surface area contributed by atoms with Crippen LogP contribution in [-0.4, -0.2) is 36.6 Å². The third-order valence-electron chi connectivity index (χ3n) is 4.75. The van der Waals surface area contributed by atoms with Crippen LogP contribution >= 0.6 is 0 Å². The Morgan fingerprint density at radius 2 is 1.84 bits per heavy atom. The molecule has 1 N–H and O–H groups in total. The molecule has 0 aliphatic heterocycles. The fourth-order valence-corrected chi connectivity index (χ4v) is 3.32. The molecular weight excluding hydrogens is 232 g/mol. The van der Waals surface area contributed by atoms with Gasteiger partial charge in [-0.05, 0) is 38.3 Å². The first-order valence-electron chi connectivity index (χ1n) is 8.70. The zero-order valence-corrected chi connectivity index (χ0v) is 13.8. The highest BCUT2D eigenvalue weighted by Crippen LogP contribution is 2.23. The van der Waals surface area contributed by atoms with Gasteiger partial charge in [0.1, 0.15) is 0 Å². The lowest BCUT2D eigenvalue weighted by molar-refractivity contribution is 0.135. The number of hydrogen-bond acceptors (Lipinski definition) is 2. The van der Waals surface area contributed by atoms with Gasteiger partial charge in [-0.25, -0.2) is 0 Å². The molecule has 0 bridgehead atoms. The van der Waals surface area contributed by atoms with Gasteiger partial charge >= 0.3 is 0 Å². The SMILES string of the molecule is CCCNC1CCCCCC1N(CC)CC(C)CC. The van der Waals surface area contributed by atoms with E-state index in [0.717, 1.165) is 18.0 Å². The van der Waals surface area contributed by atoms with E-state index in [1.165, 1.54) is 64.6 Å². The summed E-state index contributed by atoms with van der Waals surface area (Å²) in [4.78, 5) is 2.76. The van der Waals surface area contributed by atoms with Gasteiger partial charge in [-0.15, -0.1) is 0 Å². The van der Waals surface area contributed by atoms with Crippen molar-refractivity contribution in [2.75, 3.05) is 19.6 Å². The van der Waals surface area contributed by atoms with E-state index in [2.05, 4.69) is 37.9 Å². The van der Waals surface area contributed by atoms with E-state index < -0.39 is 0 Å². The van der Waals surface area contributed by atoms with Crippen molar-refractivity contribution in [3.8, 4) is 0 Å². The molecule has 1 fully saturated rings. The zero-order valence-electron chi connectivity index (χ0n) is 13.8. The minimum absolute atomic E-state index is 0.728. The van der Waals surface area contributed by atoms with Crippen LogP contribution in [0.25, 0.3) is 0 Å². The second kappa shape index (κ2) is 9.77. The van der Waals surface area contributed by atoms with E-state index in [9.17, 15) is 0 Å². The van der Waals surface area contributed by atoms with E-state index in [0.29, 0.717) is 0 Å². The molecule has 1 rings (SSSR count). The molecule has 0 radical (unpaired) electrons. The number of nitrogens with one attached hydrogen (secondary N) is 1. The van der Waals surface area contributed by atoms with Crippen molar-refractivity contribution >= 4 is 0 Å². The van der Waals surface area contributed by atoms with E-state index >= 15 is 0 Å². The van der Waals surface area contributed by atoms with E-state index in [4.69, 9.17) is 0 Å². The predicted octanol–water partition coefficient (Wildman–Crippen LogP) is 4.06. The third kappa shape index (κ3) is 5.83. The molecule has 3 atom stereocenters. The Hall–Kier alpha value is -0.0800. The molecule has 0 spiro atoms. The zero-order chi connectivity index (χ0) is 14.1. The quantitative estimate of drug-likeness (QED) is 0.668. The number of nitrogens with zero attached hydrogens (tertiary/aromatic N) is 1. The normalized spacial score (nSPS) is 26.4. The highest BCUT2D eigenvalue weighted by molar-refractivity contribution is 4.87. The van der Waals surface area contributed by atoms with Crippen molar-refractivity contribution in [1.82, 2.24) is 10.2 Å². The predicted molar refractivity (Wildman–Crippen MR) is 85.7 cm³/mol. The van der Waals surface area contributed by atoms with E-state index in [1.54, 1.807) is 0 Å². The Kier molecular flexibility index (Phi) is 8.72. The van der Waals surface area contributed by atoms with Crippen molar-refractivity contribution in [1.29, 1.82) is 0 Å². The second-order valence-corrected chi connectivity index (χ2v) is 6.37. The second-order valence-electron chi connectivity index (χ2n) is 6.37. The van der Waals surface area contributed by atoms with Crippen LogP contribution < -0.4 is 5.32 Å². The Balaban J connectivity index is 2.63. The van der Waals surface area contributed by atoms with Crippen molar-refractivity contribution in [2.45, 2.75) is 84.7 Å². The molecule has 0 amide bonds. The highest BCUT2D eigenvalue weighted by Gasteiger charge is 2.28. The van der Waals surface area contributed by atoms with Gasteiger partial charge in [0.2, 0.25) is 0 Å². The van der Waals surface area contributed by atoms with Crippen molar-refractivity contribution in [2.24, 2.45) is 5.92 Å². The number of hydrogen-bond donors (Lipinski definition) is 1. The molecule has 0 aromatic heterocycles. The van der Waals surface area contributed by atoms with Gasteiger partial charge in [0.25, 0.3) is 0 Å². The Labute approximate surface area is 121 Å². The smallest absolute Gasteiger partial charge is 0.0249 e. The minimum atomic E-state index is 0.728. The van der Waals surface area contributed by atoms with Crippen LogP contribution in [0.5, 0.6) is 0 Å². The minimum Gasteiger partial charge on any atom is -0.312 e. The molecule has 19 heavy (non-hydrogen) atoms. The van der Waals surface area contributed by atoms with Crippen LogP contribution in [0.1, 0.15) is 72.6 Å². The molecule has 1 aliphatic rings. The summed E-state index contributed by atoms with van der Waals surface area (Å²) < 4.78 is 0. The first-order chi connectivity index (χ1) is 9.22. The van der Waals surface area contributed by atoms with E-state index in [-0.39, 0.29) is 0 Å². The molecule has 0 heterocycles. The standard InChI is InChI=1S/C17H36N2/c1-5-13-18-16-11-9-8-10-12-17(16)19(7-3)14-15(4)6-2/h15-18H,5-14H2,1-4H3. The van der Waals surface area contributed by atoms with Crippen LogP contribution in [-0.2, 0) is 0 Å². The van der Waals surface area contributed by atoms with Gasteiger partial charge in [-0.3, -0.25) is 4.90 Å². The van der Waals surface area contributed by atoms with Crippen LogP contribution in [0.3, 0.4) is 0 Å². The largest absolute Gasteiger partial charge is 0.312 e. The average Bonchev–Trinajstić information content (AvgIpc) is 2.67. The summed E-state index contributed by atoms with van der Waals surface area (Å²) in [6.45, 7) is 13.0. The van der Waals surface area contributed by atoms with Crippen molar-refractivity contribution in [3.63, 3.8) is 0 Å². The van der Waals surface area contributed by atoms with Crippen molar-refractivity contribution in [3.05, 3.63) is 0 Å². The molecule has 0 aromatic rings. The highest BCUT2D eigenvalue weighted by atomic mass is 15.2. The summed E-state index contributed by atoms with van der Waals surface area (Å²) >= 11 is 0. The summed E-state index contributed by atoms with van der Waals surface area (Å²) in [5, 5.41) is 3.83. The third-order valence-corrected chi connectivity index (χ3v) is 4.75. The number of likely N-dealkylation sites (N-methyl/N-ethyl adjacent to an activating group) is 1. The molecule has 0 aromatic carbocycles. The van der Waals surface area contributed by atoms with Crippen LogP contribution in [0, 0.1) is 5.92 Å². The lowest BCUT2D eigenvalue weighted by atomic mass is 9.98. The van der Waals surface area contributed by atoms with Gasteiger partial charge in [-0.2, -0.15) is 0 Å². The van der Waals surface area contributed by atoms with Gasteiger partial charge in [0.05, 0.1) is 0 Å². The Bertz CT molecular complexity index is 217. The van der Waals surface area contributed by atoms with Gasteiger partial charge in [-0.1, -0.05) is 53.4 Å². The van der Waals surface area contributed by atoms with Crippen LogP contribution in [0.2, 0.25) is 0 Å². The summed E-state index contributed by atoms with van der Waals surface area (Å²) in [5.41, 5.74) is 0. The van der Waals surface area contributed by atoms with Gasteiger partial charge < -0.3 is 5.32 Å². The maximum atomic E-state index is 3.83. The molecule has 3 unspecified atom stereocenters. The molecule has 1 saturated carbocycles. The Morgan fingerprint density at radius 1 is 1.11 bits per heavy atom. The molecular formula is C17H36N2. The fraction of sp³-hybridized carbons (Fsp3) is 1.00. The topological polar surface area (TPSA) is 15.3 Å². The maximum Gasteiger partial charge on any atom is 0.0249 e. The average molecular weight is 268 g/mol. The Morgan fingerprint density at radius 3 is 2.47 bits per heavy atom. The lowest BCUT2D eigenvalue weighted by Gasteiger charge is -2.37. The monoisotopic (exact) mass is 268 g/mol. The molecule has 114 valence electrons. The number of rotatable bonds is 8. The lowest BCUT2D eigenvalue weighted by Crippen LogP contribution is -2.50. The summed E-state index contributed by atoms with van der Waals surface area (Å²) in [6.07, 6.45) is 9.59.